The maximum atomic E-state index is 12.2. The molecule has 102 valence electrons. The van der Waals surface area contributed by atoms with Crippen molar-refractivity contribution in [2.24, 2.45) is 5.73 Å². The van der Waals surface area contributed by atoms with Gasteiger partial charge in [-0.1, -0.05) is 11.8 Å². The molecular weight excluding hydrogens is 250 g/mol. The summed E-state index contributed by atoms with van der Waals surface area (Å²) in [5.41, 5.74) is 7.25. The predicted molar refractivity (Wildman–Crippen MR) is 70.1 cm³/mol. The molecule has 19 heavy (non-hydrogen) atoms. The number of aryl methyl sites for hydroxylation is 1. The van der Waals surface area contributed by atoms with Crippen molar-refractivity contribution in [3.8, 4) is 11.8 Å². The second-order valence-electron chi connectivity index (χ2n) is 4.11. The molecule has 0 aliphatic carbocycles. The van der Waals surface area contributed by atoms with Crippen molar-refractivity contribution in [1.82, 2.24) is 4.90 Å². The van der Waals surface area contributed by atoms with Crippen molar-refractivity contribution in [3.63, 3.8) is 0 Å². The van der Waals surface area contributed by atoms with Crippen LogP contribution in [0, 0.1) is 18.8 Å². The fourth-order valence-corrected chi connectivity index (χ4v) is 1.59. The molecule has 0 spiro atoms. The summed E-state index contributed by atoms with van der Waals surface area (Å²) in [6.07, 6.45) is -2.54. The number of hydrogen-bond donors (Lipinski definition) is 1. The monoisotopic (exact) mass is 266 g/mol. The van der Waals surface area contributed by atoms with Gasteiger partial charge in [-0.25, -0.2) is 8.78 Å². The van der Waals surface area contributed by atoms with Gasteiger partial charge in [-0.15, -0.1) is 0 Å². The number of hydrogen-bond acceptors (Lipinski definition) is 2. The zero-order valence-corrected chi connectivity index (χ0v) is 10.9. The Morgan fingerprint density at radius 2 is 2.16 bits per heavy atom. The lowest BCUT2D eigenvalue weighted by Gasteiger charge is -2.16. The number of halogens is 2. The SMILES string of the molecule is Cc1cc(C(=O)N(C)CC(F)F)ccc1C#CCN. The van der Waals surface area contributed by atoms with Gasteiger partial charge in [-0.05, 0) is 30.7 Å². The number of rotatable bonds is 3. The molecule has 0 fully saturated rings. The van der Waals surface area contributed by atoms with Gasteiger partial charge in [0.25, 0.3) is 12.3 Å². The average molecular weight is 266 g/mol. The third-order valence-corrected chi connectivity index (χ3v) is 2.56. The smallest absolute Gasteiger partial charge is 0.255 e. The highest BCUT2D eigenvalue weighted by Gasteiger charge is 2.16. The molecule has 0 saturated carbocycles. The highest BCUT2D eigenvalue weighted by Crippen LogP contribution is 2.12. The molecule has 0 aromatic heterocycles. The Hall–Kier alpha value is -1.93. The van der Waals surface area contributed by atoms with Gasteiger partial charge in [0.15, 0.2) is 0 Å². The summed E-state index contributed by atoms with van der Waals surface area (Å²) in [6.45, 7) is 1.49. The van der Waals surface area contributed by atoms with Crippen LogP contribution in [0.4, 0.5) is 8.78 Å². The lowest BCUT2D eigenvalue weighted by molar-refractivity contribution is 0.0620. The quantitative estimate of drug-likeness (QED) is 0.845. The van der Waals surface area contributed by atoms with Crippen LogP contribution in [0.25, 0.3) is 0 Å². The summed E-state index contributed by atoms with van der Waals surface area (Å²) in [5.74, 6) is 5.18. The van der Waals surface area contributed by atoms with Crippen LogP contribution < -0.4 is 5.73 Å². The van der Waals surface area contributed by atoms with E-state index >= 15 is 0 Å². The third-order valence-electron chi connectivity index (χ3n) is 2.56. The first-order valence-electron chi connectivity index (χ1n) is 5.79. The Morgan fingerprint density at radius 3 is 2.68 bits per heavy atom. The van der Waals surface area contributed by atoms with Crippen molar-refractivity contribution in [1.29, 1.82) is 0 Å². The van der Waals surface area contributed by atoms with Crippen LogP contribution in [0.1, 0.15) is 21.5 Å². The fraction of sp³-hybridized carbons (Fsp3) is 0.357. The van der Waals surface area contributed by atoms with E-state index in [2.05, 4.69) is 11.8 Å². The normalized spacial score (nSPS) is 10.0. The number of nitrogens with two attached hydrogens (primary N) is 1. The first-order valence-corrected chi connectivity index (χ1v) is 5.79. The average Bonchev–Trinajstić information content (AvgIpc) is 2.35. The van der Waals surface area contributed by atoms with E-state index in [1.165, 1.54) is 7.05 Å². The Bertz CT molecular complexity index is 518. The summed E-state index contributed by atoms with van der Waals surface area (Å²) in [5, 5.41) is 0. The minimum atomic E-state index is -2.54. The maximum Gasteiger partial charge on any atom is 0.255 e. The van der Waals surface area contributed by atoms with Crippen molar-refractivity contribution >= 4 is 5.91 Å². The van der Waals surface area contributed by atoms with Gasteiger partial charge < -0.3 is 10.6 Å². The summed E-state index contributed by atoms with van der Waals surface area (Å²) in [6, 6.07) is 4.92. The fourth-order valence-electron chi connectivity index (χ4n) is 1.59. The van der Waals surface area contributed by atoms with Crippen molar-refractivity contribution < 1.29 is 13.6 Å². The second kappa shape index (κ2) is 6.86. The first kappa shape index (κ1) is 15.1. The van der Waals surface area contributed by atoms with Gasteiger partial charge in [0.1, 0.15) is 0 Å². The van der Waals surface area contributed by atoms with Crippen molar-refractivity contribution in [2.75, 3.05) is 20.1 Å². The van der Waals surface area contributed by atoms with Gasteiger partial charge in [0, 0.05) is 18.2 Å². The van der Waals surface area contributed by atoms with E-state index in [0.717, 1.165) is 16.0 Å². The highest BCUT2D eigenvalue weighted by molar-refractivity contribution is 5.94. The number of carbonyl (C=O) groups is 1. The number of carbonyl (C=O) groups excluding carboxylic acids is 1. The molecule has 0 atom stereocenters. The molecule has 0 bridgehead atoms. The van der Waals surface area contributed by atoms with Crippen LogP contribution in [-0.2, 0) is 0 Å². The lowest BCUT2D eigenvalue weighted by atomic mass is 10.0. The minimum Gasteiger partial charge on any atom is -0.336 e. The molecule has 1 rings (SSSR count). The Kier molecular flexibility index (Phi) is 5.46. The van der Waals surface area contributed by atoms with E-state index < -0.39 is 18.9 Å². The molecule has 1 aromatic carbocycles. The molecule has 2 N–H and O–H groups in total. The van der Waals surface area contributed by atoms with E-state index in [9.17, 15) is 13.6 Å². The van der Waals surface area contributed by atoms with Crippen LogP contribution >= 0.6 is 0 Å². The van der Waals surface area contributed by atoms with Crippen LogP contribution in [0.15, 0.2) is 18.2 Å². The Balaban J connectivity index is 2.91. The largest absolute Gasteiger partial charge is 0.336 e. The minimum absolute atomic E-state index is 0.261. The molecule has 0 aliphatic heterocycles. The van der Waals surface area contributed by atoms with E-state index in [-0.39, 0.29) is 6.54 Å². The summed E-state index contributed by atoms with van der Waals surface area (Å²) >= 11 is 0. The number of nitrogens with zero attached hydrogens (tertiary/aromatic N) is 1. The molecule has 0 aliphatic rings. The van der Waals surface area contributed by atoms with Crippen LogP contribution in [0.3, 0.4) is 0 Å². The Morgan fingerprint density at radius 1 is 1.47 bits per heavy atom. The predicted octanol–water partition coefficient (Wildman–Crippen LogP) is 1.64. The molecule has 3 nitrogen and oxygen atoms in total. The molecular formula is C14H16F2N2O. The van der Waals surface area contributed by atoms with Crippen LogP contribution in [0.2, 0.25) is 0 Å². The van der Waals surface area contributed by atoms with E-state index in [0.29, 0.717) is 5.56 Å². The summed E-state index contributed by atoms with van der Waals surface area (Å²) in [7, 11) is 1.35. The maximum absolute atomic E-state index is 12.2. The summed E-state index contributed by atoms with van der Waals surface area (Å²) in [4.78, 5) is 12.9. The van der Waals surface area contributed by atoms with Gasteiger partial charge in [-0.2, -0.15) is 0 Å². The zero-order chi connectivity index (χ0) is 14.4. The molecule has 0 unspecified atom stereocenters. The Labute approximate surface area is 111 Å². The molecule has 0 heterocycles. The van der Waals surface area contributed by atoms with Gasteiger partial charge >= 0.3 is 0 Å². The molecule has 5 heteroatoms. The number of benzene rings is 1. The van der Waals surface area contributed by atoms with E-state index in [1.807, 2.05) is 6.92 Å². The third kappa shape index (κ3) is 4.34. The topological polar surface area (TPSA) is 46.3 Å². The first-order chi connectivity index (χ1) is 8.95. The van der Waals surface area contributed by atoms with Crippen molar-refractivity contribution in [2.45, 2.75) is 13.3 Å². The molecule has 1 aromatic rings. The lowest BCUT2D eigenvalue weighted by Crippen LogP contribution is -2.31. The number of alkyl halides is 2. The van der Waals surface area contributed by atoms with Crippen LogP contribution in [0.5, 0.6) is 0 Å². The molecule has 0 saturated heterocycles. The standard InChI is InChI=1S/C14H16F2N2O/c1-10-8-12(6-5-11(10)4-3-7-17)14(19)18(2)9-13(15)16/h5-6,8,13H,7,9,17H2,1-2H3. The highest BCUT2D eigenvalue weighted by atomic mass is 19.3. The zero-order valence-electron chi connectivity index (χ0n) is 10.9. The van der Waals surface area contributed by atoms with Gasteiger partial charge in [-0.3, -0.25) is 4.79 Å². The summed E-state index contributed by atoms with van der Waals surface area (Å²) < 4.78 is 24.4. The van der Waals surface area contributed by atoms with Crippen LogP contribution in [-0.4, -0.2) is 37.4 Å². The number of amides is 1. The van der Waals surface area contributed by atoms with E-state index in [1.54, 1.807) is 18.2 Å². The van der Waals surface area contributed by atoms with Gasteiger partial charge in [0.05, 0.1) is 13.1 Å². The van der Waals surface area contributed by atoms with E-state index in [4.69, 9.17) is 5.73 Å². The second-order valence-corrected chi connectivity index (χ2v) is 4.11. The van der Waals surface area contributed by atoms with Gasteiger partial charge in [0.2, 0.25) is 0 Å². The van der Waals surface area contributed by atoms with Crippen molar-refractivity contribution in [3.05, 3.63) is 34.9 Å². The molecule has 1 amide bonds. The molecule has 0 radical (unpaired) electrons.